The van der Waals surface area contributed by atoms with E-state index in [4.69, 9.17) is 4.74 Å². The van der Waals surface area contributed by atoms with Crippen molar-refractivity contribution in [2.24, 2.45) is 0 Å². The molecule has 0 spiro atoms. The fourth-order valence-electron chi connectivity index (χ4n) is 5.10. The molecule has 1 saturated heterocycles. The highest BCUT2D eigenvalue weighted by Crippen LogP contribution is 2.30. The van der Waals surface area contributed by atoms with Crippen LogP contribution < -0.4 is 5.32 Å². The minimum absolute atomic E-state index is 0.0955. The summed E-state index contributed by atoms with van der Waals surface area (Å²) in [6.07, 6.45) is 0.908. The Bertz CT molecular complexity index is 1250. The summed E-state index contributed by atoms with van der Waals surface area (Å²) in [4.78, 5) is 42.1. The topological polar surface area (TPSA) is 79.0 Å². The zero-order valence-corrected chi connectivity index (χ0v) is 20.5. The second-order valence-electron chi connectivity index (χ2n) is 9.59. The second kappa shape index (κ2) is 10.6. The molecule has 3 aromatic rings. The fourth-order valence-corrected chi connectivity index (χ4v) is 5.10. The van der Waals surface area contributed by atoms with Crippen LogP contribution in [0, 0.1) is 0 Å². The van der Waals surface area contributed by atoms with Crippen molar-refractivity contribution >= 4 is 28.5 Å². The number of amides is 3. The smallest absolute Gasteiger partial charge is 0.261 e. The van der Waals surface area contributed by atoms with Crippen LogP contribution in [0.1, 0.15) is 51.6 Å². The number of imide groups is 1. The third kappa shape index (κ3) is 5.17. The molecule has 0 aliphatic carbocycles. The Morgan fingerprint density at radius 1 is 1.00 bits per heavy atom. The Kier molecular flexibility index (Phi) is 7.11. The van der Waals surface area contributed by atoms with Crippen molar-refractivity contribution < 1.29 is 19.1 Å². The molecule has 0 saturated carbocycles. The van der Waals surface area contributed by atoms with E-state index in [0.29, 0.717) is 29.5 Å². The van der Waals surface area contributed by atoms with E-state index in [-0.39, 0.29) is 36.8 Å². The lowest BCUT2D eigenvalue weighted by Crippen LogP contribution is -2.41. The first-order valence-corrected chi connectivity index (χ1v) is 12.6. The lowest BCUT2D eigenvalue weighted by Gasteiger charge is -2.31. The Hall–Kier alpha value is -3.55. The van der Waals surface area contributed by atoms with Crippen molar-refractivity contribution in [2.75, 3.05) is 26.2 Å². The van der Waals surface area contributed by atoms with Crippen molar-refractivity contribution in [3.8, 4) is 0 Å². The van der Waals surface area contributed by atoms with Gasteiger partial charge in [0, 0.05) is 55.7 Å². The minimum atomic E-state index is -0.295. The van der Waals surface area contributed by atoms with Crippen LogP contribution in [-0.4, -0.2) is 59.9 Å². The number of ether oxygens (including phenoxy) is 1. The van der Waals surface area contributed by atoms with Gasteiger partial charge in [-0.25, -0.2) is 0 Å². The standard InChI is InChI=1S/C29H31N3O4/c1-20-18-31(14-15-36-20)19-22-7-2-6-21(16-22)17-30-26(33)12-5-13-32-28(34)24-10-3-8-23-9-4-11-25(27(23)24)29(32)35/h2-4,6-11,16,20H,5,12-15,17-19H2,1H3,(H,30,33). The van der Waals surface area contributed by atoms with Gasteiger partial charge < -0.3 is 10.1 Å². The summed E-state index contributed by atoms with van der Waals surface area (Å²) >= 11 is 0. The SMILES string of the molecule is CC1CN(Cc2cccc(CNC(=O)CCCN3C(=O)c4cccc5cccc(c45)C3=O)c2)CCO1. The molecule has 3 aromatic carbocycles. The molecule has 7 nitrogen and oxygen atoms in total. The maximum atomic E-state index is 13.0. The number of benzene rings is 3. The van der Waals surface area contributed by atoms with Crippen molar-refractivity contribution in [3.63, 3.8) is 0 Å². The average Bonchev–Trinajstić information content (AvgIpc) is 2.88. The predicted octanol–water partition coefficient (Wildman–Crippen LogP) is 3.75. The molecule has 2 aliphatic heterocycles. The Labute approximate surface area is 211 Å². The van der Waals surface area contributed by atoms with Gasteiger partial charge in [-0.3, -0.25) is 24.2 Å². The van der Waals surface area contributed by atoms with E-state index in [9.17, 15) is 14.4 Å². The molecule has 2 heterocycles. The molecule has 1 N–H and O–H groups in total. The van der Waals surface area contributed by atoms with E-state index in [0.717, 1.165) is 37.2 Å². The van der Waals surface area contributed by atoms with E-state index in [1.165, 1.54) is 10.5 Å². The molecule has 3 amide bonds. The molecule has 0 bridgehead atoms. The maximum Gasteiger partial charge on any atom is 0.261 e. The van der Waals surface area contributed by atoms with Crippen LogP contribution in [0.25, 0.3) is 10.8 Å². The van der Waals surface area contributed by atoms with Crippen LogP contribution >= 0.6 is 0 Å². The quantitative estimate of drug-likeness (QED) is 0.492. The van der Waals surface area contributed by atoms with Gasteiger partial charge in [-0.05, 0) is 42.0 Å². The monoisotopic (exact) mass is 485 g/mol. The largest absolute Gasteiger partial charge is 0.376 e. The number of hydrogen-bond donors (Lipinski definition) is 1. The van der Waals surface area contributed by atoms with Gasteiger partial charge in [-0.15, -0.1) is 0 Å². The summed E-state index contributed by atoms with van der Waals surface area (Å²) in [5, 5.41) is 4.57. The van der Waals surface area contributed by atoms with Crippen LogP contribution in [0.3, 0.4) is 0 Å². The Balaban J connectivity index is 1.12. The number of morpholine rings is 1. The highest BCUT2D eigenvalue weighted by atomic mass is 16.5. The van der Waals surface area contributed by atoms with Gasteiger partial charge in [-0.1, -0.05) is 48.5 Å². The molecule has 0 aromatic heterocycles. The van der Waals surface area contributed by atoms with E-state index >= 15 is 0 Å². The maximum absolute atomic E-state index is 13.0. The summed E-state index contributed by atoms with van der Waals surface area (Å²) in [7, 11) is 0. The van der Waals surface area contributed by atoms with Crippen LogP contribution in [0.4, 0.5) is 0 Å². The summed E-state index contributed by atoms with van der Waals surface area (Å²) in [6.45, 7) is 6.22. The summed E-state index contributed by atoms with van der Waals surface area (Å²) in [5.74, 6) is -0.686. The molecule has 36 heavy (non-hydrogen) atoms. The van der Waals surface area contributed by atoms with Crippen molar-refractivity contribution in [2.45, 2.75) is 39.0 Å². The minimum Gasteiger partial charge on any atom is -0.376 e. The molecule has 5 rings (SSSR count). The number of hydrogen-bond acceptors (Lipinski definition) is 5. The molecule has 7 heteroatoms. The van der Waals surface area contributed by atoms with Crippen molar-refractivity contribution in [1.82, 2.24) is 15.1 Å². The zero-order chi connectivity index (χ0) is 25.1. The van der Waals surface area contributed by atoms with E-state index in [2.05, 4.69) is 29.3 Å². The second-order valence-corrected chi connectivity index (χ2v) is 9.59. The lowest BCUT2D eigenvalue weighted by atomic mass is 9.94. The van der Waals surface area contributed by atoms with Gasteiger partial charge in [0.25, 0.3) is 11.8 Å². The first-order chi connectivity index (χ1) is 17.5. The number of nitrogens with zero attached hydrogens (tertiary/aromatic N) is 2. The van der Waals surface area contributed by atoms with Gasteiger partial charge in [0.2, 0.25) is 5.91 Å². The third-order valence-electron chi connectivity index (χ3n) is 6.85. The third-order valence-corrected chi connectivity index (χ3v) is 6.85. The molecule has 186 valence electrons. The van der Waals surface area contributed by atoms with Crippen LogP contribution in [-0.2, 0) is 22.6 Å². The number of nitrogens with one attached hydrogen (secondary N) is 1. The number of carbonyl (C=O) groups is 3. The first-order valence-electron chi connectivity index (χ1n) is 12.6. The molecule has 2 aliphatic rings. The van der Waals surface area contributed by atoms with Crippen LogP contribution in [0.2, 0.25) is 0 Å². The van der Waals surface area contributed by atoms with Gasteiger partial charge in [0.1, 0.15) is 0 Å². The molecule has 1 fully saturated rings. The lowest BCUT2D eigenvalue weighted by molar-refractivity contribution is -0.121. The Morgan fingerprint density at radius 2 is 1.69 bits per heavy atom. The van der Waals surface area contributed by atoms with Crippen LogP contribution in [0.15, 0.2) is 60.7 Å². The van der Waals surface area contributed by atoms with E-state index in [1.807, 2.05) is 36.4 Å². The summed E-state index contributed by atoms with van der Waals surface area (Å²) in [6, 6.07) is 19.3. The van der Waals surface area contributed by atoms with E-state index in [1.54, 1.807) is 12.1 Å². The number of carbonyl (C=O) groups excluding carboxylic acids is 3. The van der Waals surface area contributed by atoms with Gasteiger partial charge in [0.15, 0.2) is 0 Å². The predicted molar refractivity (Wildman–Crippen MR) is 138 cm³/mol. The highest BCUT2D eigenvalue weighted by Gasteiger charge is 2.32. The Morgan fingerprint density at radius 3 is 2.42 bits per heavy atom. The summed E-state index contributed by atoms with van der Waals surface area (Å²) in [5.41, 5.74) is 3.35. The average molecular weight is 486 g/mol. The van der Waals surface area contributed by atoms with Gasteiger partial charge in [0.05, 0.1) is 12.7 Å². The van der Waals surface area contributed by atoms with Gasteiger partial charge >= 0.3 is 0 Å². The fraction of sp³-hybridized carbons (Fsp3) is 0.345. The van der Waals surface area contributed by atoms with Crippen LogP contribution in [0.5, 0.6) is 0 Å². The molecule has 1 unspecified atom stereocenters. The first kappa shape index (κ1) is 24.2. The van der Waals surface area contributed by atoms with Crippen molar-refractivity contribution in [3.05, 3.63) is 82.9 Å². The van der Waals surface area contributed by atoms with Gasteiger partial charge in [-0.2, -0.15) is 0 Å². The zero-order valence-electron chi connectivity index (χ0n) is 20.5. The molecular formula is C29H31N3O4. The molecule has 1 atom stereocenters. The molecule has 0 radical (unpaired) electrons. The molecular weight excluding hydrogens is 454 g/mol. The van der Waals surface area contributed by atoms with E-state index < -0.39 is 0 Å². The summed E-state index contributed by atoms with van der Waals surface area (Å²) < 4.78 is 5.62. The van der Waals surface area contributed by atoms with Crippen molar-refractivity contribution in [1.29, 1.82) is 0 Å². The normalized spacial score (nSPS) is 18.0. The highest BCUT2D eigenvalue weighted by molar-refractivity contribution is 6.25. The number of rotatable bonds is 8.